The minimum atomic E-state index is -0.395. The van der Waals surface area contributed by atoms with Crippen LogP contribution in [0.3, 0.4) is 0 Å². The van der Waals surface area contributed by atoms with Gasteiger partial charge in [-0.15, -0.1) is 0 Å². The van der Waals surface area contributed by atoms with E-state index in [1.54, 1.807) is 36.4 Å². The molecule has 1 aliphatic heterocycles. The molecule has 132 valence electrons. The van der Waals surface area contributed by atoms with Crippen LogP contribution in [0.2, 0.25) is 0 Å². The van der Waals surface area contributed by atoms with Crippen molar-refractivity contribution >= 4 is 11.6 Å². The largest absolute Gasteiger partial charge is 0.494 e. The van der Waals surface area contributed by atoms with Gasteiger partial charge in [-0.2, -0.15) is 0 Å². The van der Waals surface area contributed by atoms with Crippen LogP contribution >= 0.6 is 0 Å². The Balaban J connectivity index is 1.65. The van der Waals surface area contributed by atoms with Crippen molar-refractivity contribution in [3.05, 3.63) is 47.9 Å². The van der Waals surface area contributed by atoms with E-state index in [1.807, 2.05) is 11.0 Å². The summed E-state index contributed by atoms with van der Waals surface area (Å²) in [5.41, 5.74) is 1.58. The number of carbonyl (C=O) groups is 1. The van der Waals surface area contributed by atoms with Gasteiger partial charge in [0.1, 0.15) is 0 Å². The predicted octanol–water partition coefficient (Wildman–Crippen LogP) is 2.09. The minimum absolute atomic E-state index is 0.00603. The molecule has 1 fully saturated rings. The van der Waals surface area contributed by atoms with Crippen molar-refractivity contribution in [2.75, 3.05) is 38.8 Å². The maximum Gasteiger partial charge on any atom is 0.241 e. The number of amides is 1. The van der Waals surface area contributed by atoms with Crippen molar-refractivity contribution in [3.63, 3.8) is 0 Å². The van der Waals surface area contributed by atoms with E-state index in [4.69, 9.17) is 9.47 Å². The fourth-order valence-corrected chi connectivity index (χ4v) is 2.87. The van der Waals surface area contributed by atoms with Crippen LogP contribution in [0, 0.1) is 5.82 Å². The molecule has 1 saturated heterocycles. The third kappa shape index (κ3) is 3.88. The van der Waals surface area contributed by atoms with Crippen LogP contribution in [-0.2, 0) is 11.3 Å². The SMILES string of the molecule is COc1cc(N2CCN(Cc3ccc(OC)c(F)c3)CC2=O)ccn1. The average Bonchev–Trinajstić information content (AvgIpc) is 2.62. The number of rotatable bonds is 5. The van der Waals surface area contributed by atoms with Gasteiger partial charge in [0, 0.05) is 31.9 Å². The lowest BCUT2D eigenvalue weighted by Gasteiger charge is -2.34. The number of nitrogens with zero attached hydrogens (tertiary/aromatic N) is 3. The molecule has 6 nitrogen and oxygen atoms in total. The Morgan fingerprint density at radius 2 is 2.00 bits per heavy atom. The quantitative estimate of drug-likeness (QED) is 0.831. The number of benzene rings is 1. The van der Waals surface area contributed by atoms with Crippen molar-refractivity contribution < 1.29 is 18.7 Å². The second-order valence-corrected chi connectivity index (χ2v) is 5.78. The molecule has 0 spiro atoms. The summed E-state index contributed by atoms with van der Waals surface area (Å²) >= 11 is 0. The lowest BCUT2D eigenvalue weighted by atomic mass is 10.1. The molecule has 0 unspecified atom stereocenters. The third-order valence-electron chi connectivity index (χ3n) is 4.16. The van der Waals surface area contributed by atoms with E-state index < -0.39 is 5.82 Å². The maximum atomic E-state index is 13.8. The van der Waals surface area contributed by atoms with Crippen molar-refractivity contribution in [2.24, 2.45) is 0 Å². The van der Waals surface area contributed by atoms with E-state index in [9.17, 15) is 9.18 Å². The molecule has 1 aromatic heterocycles. The molecule has 0 atom stereocenters. The first-order valence-corrected chi connectivity index (χ1v) is 7.96. The number of hydrogen-bond donors (Lipinski definition) is 0. The van der Waals surface area contributed by atoms with Crippen LogP contribution in [0.5, 0.6) is 11.6 Å². The lowest BCUT2D eigenvalue weighted by Crippen LogP contribution is -2.50. The number of anilines is 1. The molecule has 2 heterocycles. The number of ether oxygens (including phenoxy) is 2. The highest BCUT2D eigenvalue weighted by Crippen LogP contribution is 2.22. The summed E-state index contributed by atoms with van der Waals surface area (Å²) in [6, 6.07) is 8.39. The highest BCUT2D eigenvalue weighted by atomic mass is 19.1. The molecular weight excluding hydrogens is 325 g/mol. The normalized spacial score (nSPS) is 15.3. The van der Waals surface area contributed by atoms with Crippen LogP contribution in [0.15, 0.2) is 36.5 Å². The Morgan fingerprint density at radius 1 is 1.16 bits per heavy atom. The molecule has 1 aliphatic rings. The summed E-state index contributed by atoms with van der Waals surface area (Å²) in [4.78, 5) is 20.3. The van der Waals surface area contributed by atoms with E-state index in [-0.39, 0.29) is 18.2 Å². The van der Waals surface area contributed by atoms with Gasteiger partial charge >= 0.3 is 0 Å². The van der Waals surface area contributed by atoms with Crippen molar-refractivity contribution in [1.82, 2.24) is 9.88 Å². The van der Waals surface area contributed by atoms with E-state index in [1.165, 1.54) is 13.2 Å². The van der Waals surface area contributed by atoms with Crippen molar-refractivity contribution in [1.29, 1.82) is 0 Å². The topological polar surface area (TPSA) is 54.9 Å². The number of carbonyl (C=O) groups excluding carboxylic acids is 1. The Bertz CT molecular complexity index is 769. The molecule has 0 bridgehead atoms. The molecular formula is C18H20FN3O3. The summed E-state index contributed by atoms with van der Waals surface area (Å²) < 4.78 is 23.8. The van der Waals surface area contributed by atoms with E-state index in [0.717, 1.165) is 11.3 Å². The molecule has 0 radical (unpaired) electrons. The standard InChI is InChI=1S/C18H20FN3O3/c1-24-16-4-3-13(9-15(16)19)11-21-7-8-22(18(23)12-21)14-5-6-20-17(10-14)25-2/h3-6,9-10H,7-8,11-12H2,1-2H3. The van der Waals surface area contributed by atoms with Crippen LogP contribution in [0.1, 0.15) is 5.56 Å². The second kappa shape index (κ2) is 7.48. The highest BCUT2D eigenvalue weighted by Gasteiger charge is 2.25. The third-order valence-corrected chi connectivity index (χ3v) is 4.16. The lowest BCUT2D eigenvalue weighted by molar-refractivity contribution is -0.121. The monoisotopic (exact) mass is 345 g/mol. The first-order valence-electron chi connectivity index (χ1n) is 7.96. The maximum absolute atomic E-state index is 13.8. The Morgan fingerprint density at radius 3 is 2.68 bits per heavy atom. The van der Waals surface area contributed by atoms with Gasteiger partial charge in [-0.1, -0.05) is 6.07 Å². The second-order valence-electron chi connectivity index (χ2n) is 5.78. The first kappa shape index (κ1) is 17.2. The van der Waals surface area contributed by atoms with Gasteiger partial charge in [-0.3, -0.25) is 9.69 Å². The molecule has 1 aromatic carbocycles. The van der Waals surface area contributed by atoms with Gasteiger partial charge in [0.15, 0.2) is 11.6 Å². The summed E-state index contributed by atoms with van der Waals surface area (Å²) in [5, 5.41) is 0. The van der Waals surface area contributed by atoms with Gasteiger partial charge < -0.3 is 14.4 Å². The fraction of sp³-hybridized carbons (Fsp3) is 0.333. The molecule has 0 N–H and O–H groups in total. The number of aromatic nitrogens is 1. The van der Waals surface area contributed by atoms with Gasteiger partial charge in [-0.25, -0.2) is 9.37 Å². The number of hydrogen-bond acceptors (Lipinski definition) is 5. The number of pyridine rings is 1. The van der Waals surface area contributed by atoms with Crippen molar-refractivity contribution in [3.8, 4) is 11.6 Å². The smallest absolute Gasteiger partial charge is 0.241 e. The Hall–Kier alpha value is -2.67. The molecule has 1 amide bonds. The Kier molecular flexibility index (Phi) is 5.14. The van der Waals surface area contributed by atoms with Gasteiger partial charge in [-0.05, 0) is 23.8 Å². The van der Waals surface area contributed by atoms with E-state index >= 15 is 0 Å². The number of halogens is 1. The Labute approximate surface area is 145 Å². The first-order chi connectivity index (χ1) is 12.1. The summed E-state index contributed by atoms with van der Waals surface area (Å²) in [5.74, 6) is 0.292. The molecule has 7 heteroatoms. The van der Waals surface area contributed by atoms with Crippen LogP contribution in [0.4, 0.5) is 10.1 Å². The van der Waals surface area contributed by atoms with Crippen LogP contribution < -0.4 is 14.4 Å². The fourth-order valence-electron chi connectivity index (χ4n) is 2.87. The summed E-state index contributed by atoms with van der Waals surface area (Å²) in [6.07, 6.45) is 1.62. The van der Waals surface area contributed by atoms with E-state index in [2.05, 4.69) is 4.98 Å². The zero-order chi connectivity index (χ0) is 17.8. The highest BCUT2D eigenvalue weighted by molar-refractivity contribution is 5.95. The molecule has 2 aromatic rings. The molecule has 3 rings (SSSR count). The molecule has 0 saturated carbocycles. The van der Waals surface area contributed by atoms with Crippen molar-refractivity contribution in [2.45, 2.75) is 6.54 Å². The molecule has 0 aliphatic carbocycles. The molecule has 25 heavy (non-hydrogen) atoms. The van der Waals surface area contributed by atoms with Crippen LogP contribution in [0.25, 0.3) is 0 Å². The summed E-state index contributed by atoms with van der Waals surface area (Å²) in [6.45, 7) is 2.05. The zero-order valence-electron chi connectivity index (χ0n) is 14.2. The van der Waals surface area contributed by atoms with Crippen LogP contribution in [-0.4, -0.2) is 49.6 Å². The predicted molar refractivity (Wildman–Crippen MR) is 91.4 cm³/mol. The van der Waals surface area contributed by atoms with Gasteiger partial charge in [0.05, 0.1) is 26.5 Å². The van der Waals surface area contributed by atoms with Gasteiger partial charge in [0.2, 0.25) is 11.8 Å². The number of methoxy groups -OCH3 is 2. The zero-order valence-corrected chi connectivity index (χ0v) is 14.2. The van der Waals surface area contributed by atoms with Gasteiger partial charge in [0.25, 0.3) is 0 Å². The minimum Gasteiger partial charge on any atom is -0.494 e. The summed E-state index contributed by atoms with van der Waals surface area (Å²) in [7, 11) is 2.98. The number of piperazine rings is 1. The van der Waals surface area contributed by atoms with E-state index in [0.29, 0.717) is 25.5 Å². The average molecular weight is 345 g/mol.